The third-order valence-corrected chi connectivity index (χ3v) is 12.5. The summed E-state index contributed by atoms with van der Waals surface area (Å²) in [5.74, 6) is 3.28. The zero-order chi connectivity index (χ0) is 29.4. The molecule has 4 aliphatic heterocycles. The number of methoxy groups -OCH3 is 1. The SMILES string of the molecule is CN1CC[C@]23c4c5ccc(O)c4OC2C(O)C=CC3C1C5.COc1ccc2c3c1OC1C(O)C=CC4C(C2)N(C)CC[C@@]341. The average molecular weight is 585 g/mol. The predicted molar refractivity (Wildman–Crippen MR) is 160 cm³/mol. The summed E-state index contributed by atoms with van der Waals surface area (Å²) >= 11 is 0. The van der Waals surface area contributed by atoms with Crippen LogP contribution in [-0.2, 0) is 23.7 Å². The van der Waals surface area contributed by atoms with Crippen molar-refractivity contribution in [2.45, 2.75) is 73.0 Å². The number of aliphatic hydroxyl groups is 2. The van der Waals surface area contributed by atoms with Crippen LogP contribution in [0.5, 0.6) is 23.0 Å². The fraction of sp³-hybridized carbons (Fsp3) is 0.543. The molecule has 226 valence electrons. The number of aliphatic hydroxyl groups excluding tert-OH is 2. The Labute approximate surface area is 252 Å². The van der Waals surface area contributed by atoms with Crippen molar-refractivity contribution in [3.05, 3.63) is 70.8 Å². The molecule has 2 aromatic carbocycles. The zero-order valence-electron chi connectivity index (χ0n) is 24.9. The molecular formula is C35H40N2O6. The van der Waals surface area contributed by atoms with Gasteiger partial charge in [0, 0.05) is 45.9 Å². The molecule has 10 rings (SSSR count). The number of phenols is 1. The molecule has 8 aliphatic rings. The number of benzene rings is 2. The van der Waals surface area contributed by atoms with Crippen molar-refractivity contribution in [3.63, 3.8) is 0 Å². The summed E-state index contributed by atoms with van der Waals surface area (Å²) in [5.41, 5.74) is 4.89. The summed E-state index contributed by atoms with van der Waals surface area (Å²) in [5, 5.41) is 31.2. The highest BCUT2D eigenvalue weighted by Gasteiger charge is 2.65. The van der Waals surface area contributed by atoms with E-state index in [-0.39, 0.29) is 28.8 Å². The minimum Gasteiger partial charge on any atom is -0.504 e. The minimum absolute atomic E-state index is 0.0806. The van der Waals surface area contributed by atoms with Crippen molar-refractivity contribution in [1.29, 1.82) is 0 Å². The number of aromatic hydroxyl groups is 1. The van der Waals surface area contributed by atoms with Gasteiger partial charge in [0.15, 0.2) is 23.0 Å². The van der Waals surface area contributed by atoms with Crippen LogP contribution >= 0.6 is 0 Å². The number of likely N-dealkylation sites (N-methyl/N-ethyl adjacent to an activating group) is 2. The van der Waals surface area contributed by atoms with Crippen molar-refractivity contribution >= 4 is 0 Å². The van der Waals surface area contributed by atoms with Gasteiger partial charge in [0.1, 0.15) is 24.4 Å². The highest BCUT2D eigenvalue weighted by atomic mass is 16.5. The van der Waals surface area contributed by atoms with Crippen LogP contribution < -0.4 is 14.2 Å². The van der Waals surface area contributed by atoms with E-state index in [1.165, 1.54) is 22.3 Å². The monoisotopic (exact) mass is 584 g/mol. The molecule has 8 nitrogen and oxygen atoms in total. The Bertz CT molecular complexity index is 1590. The summed E-state index contributed by atoms with van der Waals surface area (Å²) in [7, 11) is 6.10. The van der Waals surface area contributed by atoms with Crippen molar-refractivity contribution in [3.8, 4) is 23.0 Å². The number of piperidine rings is 2. The van der Waals surface area contributed by atoms with Gasteiger partial charge >= 0.3 is 0 Å². The van der Waals surface area contributed by atoms with Crippen molar-refractivity contribution in [1.82, 2.24) is 9.80 Å². The fourth-order valence-corrected chi connectivity index (χ4v) is 10.6. The quantitative estimate of drug-likeness (QED) is 0.441. The summed E-state index contributed by atoms with van der Waals surface area (Å²) in [6, 6.07) is 8.93. The van der Waals surface area contributed by atoms with E-state index in [2.05, 4.69) is 42.1 Å². The lowest BCUT2D eigenvalue weighted by molar-refractivity contribution is -0.0453. The third kappa shape index (κ3) is 3.10. The second-order valence-corrected chi connectivity index (χ2v) is 14.0. The van der Waals surface area contributed by atoms with Crippen LogP contribution in [0.1, 0.15) is 35.1 Å². The number of hydrogen-bond acceptors (Lipinski definition) is 8. The molecule has 4 heterocycles. The topological polar surface area (TPSA) is 94.9 Å². The molecule has 4 aliphatic carbocycles. The van der Waals surface area contributed by atoms with E-state index in [4.69, 9.17) is 14.2 Å². The van der Waals surface area contributed by atoms with Crippen LogP contribution in [0.4, 0.5) is 0 Å². The summed E-state index contributed by atoms with van der Waals surface area (Å²) in [6.07, 6.45) is 10.7. The van der Waals surface area contributed by atoms with Gasteiger partial charge in [0.25, 0.3) is 0 Å². The molecule has 2 aromatic rings. The molecule has 0 amide bonds. The van der Waals surface area contributed by atoms with Gasteiger partial charge in [-0.15, -0.1) is 0 Å². The lowest BCUT2D eigenvalue weighted by Crippen LogP contribution is -2.64. The third-order valence-electron chi connectivity index (χ3n) is 12.5. The minimum atomic E-state index is -0.594. The highest BCUT2D eigenvalue weighted by Crippen LogP contribution is 2.63. The van der Waals surface area contributed by atoms with Gasteiger partial charge < -0.3 is 39.3 Å². The van der Waals surface area contributed by atoms with Gasteiger partial charge in [-0.1, -0.05) is 36.4 Å². The van der Waals surface area contributed by atoms with E-state index in [0.717, 1.165) is 50.3 Å². The van der Waals surface area contributed by atoms with Crippen molar-refractivity contribution in [2.24, 2.45) is 11.8 Å². The number of ether oxygens (including phenoxy) is 3. The molecule has 4 bridgehead atoms. The first-order chi connectivity index (χ1) is 20.8. The molecule has 0 saturated carbocycles. The van der Waals surface area contributed by atoms with E-state index in [0.29, 0.717) is 29.7 Å². The van der Waals surface area contributed by atoms with Crippen LogP contribution in [0.3, 0.4) is 0 Å². The second kappa shape index (κ2) is 8.78. The van der Waals surface area contributed by atoms with Gasteiger partial charge in [0.2, 0.25) is 0 Å². The lowest BCUT2D eigenvalue weighted by Gasteiger charge is -2.56. The number of likely N-dealkylation sites (tertiary alicyclic amines) is 2. The Hall–Kier alpha value is -3.04. The fourth-order valence-electron chi connectivity index (χ4n) is 10.6. The van der Waals surface area contributed by atoms with Crippen molar-refractivity contribution in [2.75, 3.05) is 34.3 Å². The molecule has 10 atom stereocenters. The first-order valence-corrected chi connectivity index (χ1v) is 15.8. The zero-order valence-corrected chi connectivity index (χ0v) is 24.9. The molecule has 2 saturated heterocycles. The van der Waals surface area contributed by atoms with Gasteiger partial charge in [-0.05, 0) is 76.1 Å². The standard InChI is InChI=1S/C18H21NO3.C17H19NO3/c1-19-8-7-18-11-4-5-13(20)17(18)22-16-14(21-2)6-3-10(15(16)18)9-12(11)19;1-18-7-6-17-10-3-5-13(20)16(17)21-15-12(19)4-2-9(14(15)17)8-11(10)18/h3-6,11-13,17,20H,7-9H2,1-2H3;2-5,10-11,13,16,19-20H,6-8H2,1H3/t11?,12?,13?,17?,18-;10?,11?,13?,16?,17-/m00/s1. The Morgan fingerprint density at radius 1 is 0.744 bits per heavy atom. The molecule has 3 N–H and O–H groups in total. The molecule has 2 fully saturated rings. The molecule has 0 radical (unpaired) electrons. The number of rotatable bonds is 1. The van der Waals surface area contributed by atoms with E-state index in [1.807, 2.05) is 24.3 Å². The molecule has 2 spiro atoms. The predicted octanol–water partition coefficient (Wildman–Crippen LogP) is 2.70. The summed E-state index contributed by atoms with van der Waals surface area (Å²) in [4.78, 5) is 4.91. The number of nitrogens with zero attached hydrogens (tertiary/aromatic N) is 2. The van der Waals surface area contributed by atoms with Crippen LogP contribution in [0.15, 0.2) is 48.6 Å². The molecular weight excluding hydrogens is 544 g/mol. The van der Waals surface area contributed by atoms with Gasteiger partial charge in [0.05, 0.1) is 7.11 Å². The van der Waals surface area contributed by atoms with Crippen LogP contribution in [0.25, 0.3) is 0 Å². The van der Waals surface area contributed by atoms with Gasteiger partial charge in [-0.3, -0.25) is 0 Å². The second-order valence-electron chi connectivity index (χ2n) is 14.0. The van der Waals surface area contributed by atoms with Crippen LogP contribution in [0.2, 0.25) is 0 Å². The average Bonchev–Trinajstić information content (AvgIpc) is 3.55. The maximum atomic E-state index is 10.6. The molecule has 0 aromatic heterocycles. The van der Waals surface area contributed by atoms with Crippen LogP contribution in [0, 0.1) is 11.8 Å². The summed E-state index contributed by atoms with van der Waals surface area (Å²) < 4.78 is 17.9. The first kappa shape index (κ1) is 26.4. The Kier molecular flexibility index (Phi) is 5.38. The highest BCUT2D eigenvalue weighted by molar-refractivity contribution is 5.63. The van der Waals surface area contributed by atoms with Crippen LogP contribution in [-0.4, -0.2) is 95.9 Å². The number of hydrogen-bond donors (Lipinski definition) is 3. The Morgan fingerprint density at radius 2 is 1.26 bits per heavy atom. The maximum Gasteiger partial charge on any atom is 0.165 e. The van der Waals surface area contributed by atoms with Gasteiger partial charge in [-0.25, -0.2) is 0 Å². The van der Waals surface area contributed by atoms with E-state index in [9.17, 15) is 15.3 Å². The lowest BCUT2D eigenvalue weighted by atomic mass is 9.53. The van der Waals surface area contributed by atoms with Crippen molar-refractivity contribution < 1.29 is 29.5 Å². The Balaban J connectivity index is 0.000000121. The van der Waals surface area contributed by atoms with E-state index in [1.54, 1.807) is 13.2 Å². The van der Waals surface area contributed by atoms with E-state index >= 15 is 0 Å². The molecule has 8 unspecified atom stereocenters. The molecule has 43 heavy (non-hydrogen) atoms. The largest absolute Gasteiger partial charge is 0.504 e. The Morgan fingerprint density at radius 3 is 1.81 bits per heavy atom. The maximum absolute atomic E-state index is 10.6. The first-order valence-electron chi connectivity index (χ1n) is 15.8. The smallest absolute Gasteiger partial charge is 0.165 e. The molecule has 8 heteroatoms. The number of phenolic OH excluding ortho intramolecular Hbond substituents is 1. The van der Waals surface area contributed by atoms with Gasteiger partial charge in [-0.2, -0.15) is 0 Å². The normalized spacial score (nSPS) is 41.8. The van der Waals surface area contributed by atoms with E-state index < -0.39 is 12.2 Å². The summed E-state index contributed by atoms with van der Waals surface area (Å²) in [6.45, 7) is 2.06.